The molecule has 0 aliphatic heterocycles. The lowest BCUT2D eigenvalue weighted by atomic mass is 10.0. The summed E-state index contributed by atoms with van der Waals surface area (Å²) < 4.78 is 35.8. The molecule has 0 amide bonds. The largest absolute Gasteiger partial charge is 0.389 e. The van der Waals surface area contributed by atoms with E-state index < -0.39 is 24.8 Å². The fraction of sp³-hybridized carbons (Fsp3) is 0.417. The Balaban J connectivity index is 2.66. The molecule has 0 aliphatic carbocycles. The van der Waals surface area contributed by atoms with Crippen LogP contribution >= 0.6 is 0 Å². The van der Waals surface area contributed by atoms with Crippen LogP contribution in [0.2, 0.25) is 0 Å². The van der Waals surface area contributed by atoms with Crippen LogP contribution in [0.3, 0.4) is 0 Å². The van der Waals surface area contributed by atoms with Crippen molar-refractivity contribution in [2.75, 3.05) is 0 Å². The van der Waals surface area contributed by atoms with E-state index in [2.05, 4.69) is 0 Å². The molecule has 1 aromatic carbocycles. The first-order valence-electron chi connectivity index (χ1n) is 5.11. The first-order chi connectivity index (χ1) is 7.42. The lowest BCUT2D eigenvalue weighted by molar-refractivity contribution is -0.133. The number of carbonyl (C=O) groups is 1. The summed E-state index contributed by atoms with van der Waals surface area (Å²) in [6.07, 6.45) is -5.03. The predicted octanol–water partition coefficient (Wildman–Crippen LogP) is 3.77. The third kappa shape index (κ3) is 4.04. The molecule has 0 unspecified atom stereocenters. The van der Waals surface area contributed by atoms with E-state index in [1.165, 1.54) is 0 Å². The van der Waals surface area contributed by atoms with Crippen molar-refractivity contribution in [2.45, 2.75) is 32.4 Å². The fourth-order valence-electron chi connectivity index (χ4n) is 1.36. The number of alkyl halides is 3. The Morgan fingerprint density at radius 2 is 2.00 bits per heavy atom. The maximum absolute atomic E-state index is 11.9. The van der Waals surface area contributed by atoms with Crippen LogP contribution in [0.4, 0.5) is 13.2 Å². The molecule has 88 valence electrons. The zero-order chi connectivity index (χ0) is 12.2. The summed E-state index contributed by atoms with van der Waals surface area (Å²) in [5.41, 5.74) is 1.32. The van der Waals surface area contributed by atoms with Crippen molar-refractivity contribution in [1.82, 2.24) is 0 Å². The molecule has 0 spiro atoms. The quantitative estimate of drug-likeness (QED) is 0.719. The van der Waals surface area contributed by atoms with Crippen LogP contribution in [0.5, 0.6) is 0 Å². The monoisotopic (exact) mass is 230 g/mol. The van der Waals surface area contributed by atoms with Crippen molar-refractivity contribution in [1.29, 1.82) is 0 Å². The minimum atomic E-state index is -4.27. The van der Waals surface area contributed by atoms with Crippen LogP contribution in [0.1, 0.15) is 35.7 Å². The van der Waals surface area contributed by atoms with Gasteiger partial charge in [0.2, 0.25) is 0 Å². The summed E-state index contributed by atoms with van der Waals surface area (Å²) in [5, 5.41) is 0. The van der Waals surface area contributed by atoms with Crippen LogP contribution in [0.25, 0.3) is 0 Å². The Hall–Kier alpha value is -1.32. The van der Waals surface area contributed by atoms with Crippen molar-refractivity contribution < 1.29 is 18.0 Å². The number of aryl methyl sites for hydroxylation is 1. The number of benzene rings is 1. The highest BCUT2D eigenvalue weighted by atomic mass is 19.4. The third-order valence-electron chi connectivity index (χ3n) is 2.29. The SMILES string of the molecule is CCc1cccc(C(=O)CCC(F)(F)F)c1. The maximum atomic E-state index is 11.9. The fourth-order valence-corrected chi connectivity index (χ4v) is 1.36. The Morgan fingerprint density at radius 3 is 2.56 bits per heavy atom. The molecule has 0 aromatic heterocycles. The molecule has 1 aromatic rings. The van der Waals surface area contributed by atoms with Gasteiger partial charge in [-0.2, -0.15) is 13.2 Å². The molecular weight excluding hydrogens is 217 g/mol. The van der Waals surface area contributed by atoms with E-state index in [1.807, 2.05) is 13.0 Å². The molecule has 0 saturated heterocycles. The summed E-state index contributed by atoms with van der Waals surface area (Å²) in [6, 6.07) is 6.75. The maximum Gasteiger partial charge on any atom is 0.389 e. The van der Waals surface area contributed by atoms with Gasteiger partial charge in [0.15, 0.2) is 5.78 Å². The van der Waals surface area contributed by atoms with Gasteiger partial charge in [-0.15, -0.1) is 0 Å². The van der Waals surface area contributed by atoms with Gasteiger partial charge in [-0.1, -0.05) is 25.1 Å². The van der Waals surface area contributed by atoms with Crippen molar-refractivity contribution in [2.24, 2.45) is 0 Å². The Bertz CT molecular complexity index is 369. The molecule has 16 heavy (non-hydrogen) atoms. The van der Waals surface area contributed by atoms with Gasteiger partial charge in [0, 0.05) is 12.0 Å². The zero-order valence-corrected chi connectivity index (χ0v) is 8.97. The van der Waals surface area contributed by atoms with Crippen molar-refractivity contribution in [3.63, 3.8) is 0 Å². The van der Waals surface area contributed by atoms with E-state index in [4.69, 9.17) is 0 Å². The normalized spacial score (nSPS) is 11.5. The van der Waals surface area contributed by atoms with Gasteiger partial charge < -0.3 is 0 Å². The van der Waals surface area contributed by atoms with Gasteiger partial charge in [-0.3, -0.25) is 4.79 Å². The summed E-state index contributed by atoms with van der Waals surface area (Å²) >= 11 is 0. The highest BCUT2D eigenvalue weighted by molar-refractivity contribution is 5.96. The Morgan fingerprint density at radius 1 is 1.31 bits per heavy atom. The molecule has 1 nitrogen and oxygen atoms in total. The summed E-state index contributed by atoms with van der Waals surface area (Å²) in [4.78, 5) is 11.5. The molecule has 0 atom stereocenters. The summed E-state index contributed by atoms with van der Waals surface area (Å²) in [5.74, 6) is -0.451. The van der Waals surface area contributed by atoms with E-state index in [0.717, 1.165) is 12.0 Å². The van der Waals surface area contributed by atoms with Gasteiger partial charge >= 0.3 is 6.18 Å². The smallest absolute Gasteiger partial charge is 0.294 e. The van der Waals surface area contributed by atoms with Gasteiger partial charge in [0.05, 0.1) is 6.42 Å². The molecule has 0 aliphatic rings. The topological polar surface area (TPSA) is 17.1 Å². The second-order valence-electron chi connectivity index (χ2n) is 3.59. The van der Waals surface area contributed by atoms with Gasteiger partial charge in [-0.25, -0.2) is 0 Å². The first kappa shape index (κ1) is 12.7. The van der Waals surface area contributed by atoms with E-state index >= 15 is 0 Å². The molecule has 0 radical (unpaired) electrons. The van der Waals surface area contributed by atoms with Crippen LogP contribution in [0.15, 0.2) is 24.3 Å². The highest BCUT2D eigenvalue weighted by Crippen LogP contribution is 2.22. The van der Waals surface area contributed by atoms with Crippen molar-refractivity contribution in [3.8, 4) is 0 Å². The molecule has 0 heterocycles. The molecule has 4 heteroatoms. The molecular formula is C12H13F3O. The number of hydrogen-bond donors (Lipinski definition) is 0. The van der Waals surface area contributed by atoms with Crippen molar-refractivity contribution >= 4 is 5.78 Å². The number of carbonyl (C=O) groups excluding carboxylic acids is 1. The van der Waals surface area contributed by atoms with Crippen molar-refractivity contribution in [3.05, 3.63) is 35.4 Å². The molecule has 1 rings (SSSR count). The van der Waals surface area contributed by atoms with Crippen LogP contribution in [-0.4, -0.2) is 12.0 Å². The van der Waals surface area contributed by atoms with Gasteiger partial charge in [0.25, 0.3) is 0 Å². The summed E-state index contributed by atoms with van der Waals surface area (Å²) in [7, 11) is 0. The van der Waals surface area contributed by atoms with Crippen LogP contribution in [-0.2, 0) is 6.42 Å². The molecule has 0 N–H and O–H groups in total. The predicted molar refractivity (Wildman–Crippen MR) is 55.4 cm³/mol. The van der Waals surface area contributed by atoms with Gasteiger partial charge in [0.1, 0.15) is 0 Å². The van der Waals surface area contributed by atoms with Gasteiger partial charge in [-0.05, 0) is 18.1 Å². The standard InChI is InChI=1S/C12H13F3O/c1-2-9-4-3-5-10(8-9)11(16)6-7-12(13,14)15/h3-5,8H,2,6-7H2,1H3. The van der Waals surface area contributed by atoms with E-state index in [0.29, 0.717) is 5.56 Å². The second kappa shape index (κ2) is 5.14. The zero-order valence-electron chi connectivity index (χ0n) is 8.97. The minimum absolute atomic E-state index is 0.364. The number of hydrogen-bond acceptors (Lipinski definition) is 1. The lowest BCUT2D eigenvalue weighted by Gasteiger charge is -2.06. The van der Waals surface area contributed by atoms with Crippen LogP contribution in [0, 0.1) is 0 Å². The molecule has 0 saturated carbocycles. The lowest BCUT2D eigenvalue weighted by Crippen LogP contribution is -2.11. The Labute approximate surface area is 92.3 Å². The number of ketones is 1. The number of rotatable bonds is 4. The Kier molecular flexibility index (Phi) is 4.10. The van der Waals surface area contributed by atoms with Crippen LogP contribution < -0.4 is 0 Å². The highest BCUT2D eigenvalue weighted by Gasteiger charge is 2.28. The summed E-state index contributed by atoms with van der Waals surface area (Å²) in [6.45, 7) is 1.93. The first-order valence-corrected chi connectivity index (χ1v) is 5.11. The van der Waals surface area contributed by atoms with E-state index in [-0.39, 0.29) is 0 Å². The average Bonchev–Trinajstić information content (AvgIpc) is 2.25. The minimum Gasteiger partial charge on any atom is -0.294 e. The molecule has 0 bridgehead atoms. The van der Waals surface area contributed by atoms with E-state index in [9.17, 15) is 18.0 Å². The van der Waals surface area contributed by atoms with E-state index in [1.54, 1.807) is 18.2 Å². The molecule has 0 fully saturated rings. The second-order valence-corrected chi connectivity index (χ2v) is 3.59. The number of halogens is 3. The third-order valence-corrected chi connectivity index (χ3v) is 2.29. The number of Topliss-reactive ketones (excluding diaryl/α,β-unsaturated/α-hetero) is 1. The average molecular weight is 230 g/mol.